The summed E-state index contributed by atoms with van der Waals surface area (Å²) in [7, 11) is 2.61. The maximum atomic E-state index is 13.7. The van der Waals surface area contributed by atoms with Crippen LogP contribution in [-0.4, -0.2) is 36.7 Å². The lowest BCUT2D eigenvalue weighted by Crippen LogP contribution is -2.53. The maximum absolute atomic E-state index is 13.7. The summed E-state index contributed by atoms with van der Waals surface area (Å²) in [6.45, 7) is 0. The van der Waals surface area contributed by atoms with Crippen LogP contribution in [0.15, 0.2) is 28.7 Å². The first kappa shape index (κ1) is 19.2. The molecule has 0 radical (unpaired) electrons. The van der Waals surface area contributed by atoms with E-state index in [1.54, 1.807) is 12.1 Å². The Hall–Kier alpha value is -1.08. The molecule has 0 spiro atoms. The van der Waals surface area contributed by atoms with Crippen molar-refractivity contribution in [2.75, 3.05) is 14.2 Å². The van der Waals surface area contributed by atoms with Gasteiger partial charge < -0.3 is 9.64 Å². The highest BCUT2D eigenvalue weighted by molar-refractivity contribution is 9.10. The molecule has 0 unspecified atom stereocenters. The topological polar surface area (TPSA) is 29.5 Å². The summed E-state index contributed by atoms with van der Waals surface area (Å²) in [5, 5.41) is 0. The number of nitrogens with zero attached hydrogens (tertiary/aromatic N) is 1. The van der Waals surface area contributed by atoms with E-state index in [9.17, 15) is 18.0 Å². The molecule has 0 bridgehead atoms. The third kappa shape index (κ3) is 3.94. The molecule has 1 aliphatic rings. The normalized spacial score (nSPS) is 18.9. The summed E-state index contributed by atoms with van der Waals surface area (Å²) in [6, 6.07) is 3.85. The number of benzene rings is 1. The maximum Gasteiger partial charge on any atom is 0.413 e. The van der Waals surface area contributed by atoms with Gasteiger partial charge in [-0.25, -0.2) is 0 Å². The molecule has 2 rings (SSSR count). The molecule has 7 heteroatoms. The van der Waals surface area contributed by atoms with Crippen molar-refractivity contribution in [2.45, 2.75) is 49.9 Å². The molecule has 1 aliphatic carbocycles. The van der Waals surface area contributed by atoms with E-state index in [-0.39, 0.29) is 5.56 Å². The van der Waals surface area contributed by atoms with Crippen LogP contribution in [0.4, 0.5) is 13.2 Å². The Bertz CT molecular complexity index is 568. The van der Waals surface area contributed by atoms with E-state index >= 15 is 0 Å². The Morgan fingerprint density at radius 2 is 1.75 bits per heavy atom. The molecule has 1 atom stereocenters. The molecular weight excluding hydrogens is 387 g/mol. The largest absolute Gasteiger partial charge is 0.413 e. The zero-order valence-corrected chi connectivity index (χ0v) is 15.3. The zero-order valence-electron chi connectivity index (χ0n) is 13.7. The number of carbonyl (C=O) groups is 1. The van der Waals surface area contributed by atoms with Gasteiger partial charge in [0.15, 0.2) is 6.04 Å². The molecule has 0 N–H and O–H groups in total. The highest BCUT2D eigenvalue weighted by atomic mass is 79.9. The fourth-order valence-corrected chi connectivity index (χ4v) is 3.61. The highest BCUT2D eigenvalue weighted by Gasteiger charge is 2.50. The van der Waals surface area contributed by atoms with Gasteiger partial charge in [-0.15, -0.1) is 0 Å². The number of alkyl halides is 3. The summed E-state index contributed by atoms with van der Waals surface area (Å²) in [5.74, 6) is -0.602. The fraction of sp³-hybridized carbons (Fsp3) is 0.588. The van der Waals surface area contributed by atoms with Gasteiger partial charge >= 0.3 is 6.18 Å². The van der Waals surface area contributed by atoms with Crippen LogP contribution in [0.3, 0.4) is 0 Å². The fourth-order valence-electron chi connectivity index (χ4n) is 3.34. The molecule has 1 aromatic carbocycles. The molecular formula is C17H21BrF3NO2. The van der Waals surface area contributed by atoms with Gasteiger partial charge in [0.25, 0.3) is 5.91 Å². The van der Waals surface area contributed by atoms with Crippen molar-refractivity contribution in [3.05, 3.63) is 34.3 Å². The highest BCUT2D eigenvalue weighted by Crippen LogP contribution is 2.41. The predicted octanol–water partition coefficient (Wildman–Crippen LogP) is 4.86. The first-order chi connectivity index (χ1) is 11.2. The Kier molecular flexibility index (Phi) is 5.96. The predicted molar refractivity (Wildman–Crippen MR) is 88.5 cm³/mol. The van der Waals surface area contributed by atoms with Gasteiger partial charge in [0, 0.05) is 18.6 Å². The smallest absolute Gasteiger partial charge is 0.368 e. The van der Waals surface area contributed by atoms with Gasteiger partial charge in [-0.05, 0) is 30.5 Å². The standard InChI is InChI=1S/C17H21BrF3NO2/c1-22(15(23)16(24-2)10-4-3-5-11-16)14(17(19,20)21)12-6-8-13(18)9-7-12/h6-9,14H,3-5,10-11H2,1-2H3/t14-/m0/s1. The van der Waals surface area contributed by atoms with Gasteiger partial charge in [0.2, 0.25) is 0 Å². The lowest BCUT2D eigenvalue weighted by atomic mass is 9.83. The summed E-state index contributed by atoms with van der Waals surface area (Å²) in [4.78, 5) is 13.7. The molecule has 1 fully saturated rings. The van der Waals surface area contributed by atoms with E-state index in [1.165, 1.54) is 26.3 Å². The Morgan fingerprint density at radius 3 is 2.21 bits per heavy atom. The molecule has 1 saturated carbocycles. The lowest BCUT2D eigenvalue weighted by Gasteiger charge is -2.40. The number of amides is 1. The van der Waals surface area contributed by atoms with E-state index in [1.807, 2.05) is 0 Å². The second-order valence-corrected chi connectivity index (χ2v) is 7.09. The second-order valence-electron chi connectivity index (χ2n) is 6.17. The number of rotatable bonds is 4. The number of halogens is 4. The van der Waals surface area contributed by atoms with Crippen LogP contribution >= 0.6 is 15.9 Å². The van der Waals surface area contributed by atoms with E-state index in [0.717, 1.165) is 24.2 Å². The van der Waals surface area contributed by atoms with Crippen LogP contribution in [-0.2, 0) is 9.53 Å². The van der Waals surface area contributed by atoms with Gasteiger partial charge in [-0.1, -0.05) is 47.3 Å². The minimum absolute atomic E-state index is 0.0311. The number of likely N-dealkylation sites (N-methyl/N-ethyl adjacent to an activating group) is 1. The number of hydrogen-bond donors (Lipinski definition) is 0. The summed E-state index contributed by atoms with van der Waals surface area (Å²) in [5.41, 5.74) is -1.12. The summed E-state index contributed by atoms with van der Waals surface area (Å²) < 4.78 is 47.1. The van der Waals surface area contributed by atoms with Crippen LogP contribution in [0, 0.1) is 0 Å². The zero-order chi connectivity index (χ0) is 18.0. The van der Waals surface area contributed by atoms with Gasteiger partial charge in [-0.3, -0.25) is 4.79 Å². The number of methoxy groups -OCH3 is 1. The Balaban J connectivity index is 2.35. The minimum atomic E-state index is -4.57. The first-order valence-electron chi connectivity index (χ1n) is 7.86. The Labute approximate surface area is 148 Å². The van der Waals surface area contributed by atoms with Gasteiger partial charge in [0.05, 0.1) is 0 Å². The summed E-state index contributed by atoms with van der Waals surface area (Å²) >= 11 is 3.21. The van der Waals surface area contributed by atoms with Gasteiger partial charge in [0.1, 0.15) is 5.60 Å². The second kappa shape index (κ2) is 7.44. The van der Waals surface area contributed by atoms with Crippen molar-refractivity contribution in [3.8, 4) is 0 Å². The molecule has 3 nitrogen and oxygen atoms in total. The lowest BCUT2D eigenvalue weighted by molar-refractivity contribution is -0.199. The van der Waals surface area contributed by atoms with Crippen LogP contribution in [0.1, 0.15) is 43.7 Å². The van der Waals surface area contributed by atoms with Crippen molar-refractivity contribution in [2.24, 2.45) is 0 Å². The molecule has 0 aromatic heterocycles. The van der Waals surface area contributed by atoms with Crippen molar-refractivity contribution >= 4 is 21.8 Å². The van der Waals surface area contributed by atoms with Crippen molar-refractivity contribution in [1.29, 1.82) is 0 Å². The van der Waals surface area contributed by atoms with E-state index < -0.39 is 23.7 Å². The molecule has 0 heterocycles. The monoisotopic (exact) mass is 407 g/mol. The van der Waals surface area contributed by atoms with Gasteiger partial charge in [-0.2, -0.15) is 13.2 Å². The average Bonchev–Trinajstić information content (AvgIpc) is 2.55. The summed E-state index contributed by atoms with van der Waals surface area (Å²) in [6.07, 6.45) is -1.13. The van der Waals surface area contributed by atoms with Crippen LogP contribution in [0.5, 0.6) is 0 Å². The van der Waals surface area contributed by atoms with Crippen LogP contribution in [0.25, 0.3) is 0 Å². The molecule has 1 amide bonds. The molecule has 1 aromatic rings. The SMILES string of the molecule is COC1(C(=O)N(C)[C@@H](c2ccc(Br)cc2)C(F)(F)F)CCCCC1. The van der Waals surface area contributed by atoms with E-state index in [0.29, 0.717) is 17.3 Å². The van der Waals surface area contributed by atoms with Crippen LogP contribution in [0.2, 0.25) is 0 Å². The number of ether oxygens (including phenoxy) is 1. The molecule has 134 valence electrons. The number of carbonyl (C=O) groups excluding carboxylic acids is 1. The number of hydrogen-bond acceptors (Lipinski definition) is 2. The minimum Gasteiger partial charge on any atom is -0.368 e. The molecule has 0 saturated heterocycles. The van der Waals surface area contributed by atoms with Crippen molar-refractivity contribution < 1.29 is 22.7 Å². The molecule has 24 heavy (non-hydrogen) atoms. The third-order valence-electron chi connectivity index (χ3n) is 4.65. The van der Waals surface area contributed by atoms with Crippen molar-refractivity contribution in [3.63, 3.8) is 0 Å². The first-order valence-corrected chi connectivity index (χ1v) is 8.65. The van der Waals surface area contributed by atoms with E-state index in [4.69, 9.17) is 4.74 Å². The van der Waals surface area contributed by atoms with Crippen molar-refractivity contribution in [1.82, 2.24) is 4.90 Å². The molecule has 0 aliphatic heterocycles. The Morgan fingerprint density at radius 1 is 1.21 bits per heavy atom. The quantitative estimate of drug-likeness (QED) is 0.712. The van der Waals surface area contributed by atoms with Crippen LogP contribution < -0.4 is 0 Å². The van der Waals surface area contributed by atoms with E-state index in [2.05, 4.69) is 15.9 Å². The average molecular weight is 408 g/mol. The third-order valence-corrected chi connectivity index (χ3v) is 5.17.